The normalized spacial score (nSPS) is 19.8. The Morgan fingerprint density at radius 2 is 2.24 bits per heavy atom. The molecule has 2 heterocycles. The molecule has 1 aromatic rings. The fourth-order valence-electron chi connectivity index (χ4n) is 3.08. The van der Waals surface area contributed by atoms with Crippen LogP contribution in [0.5, 0.6) is 0 Å². The van der Waals surface area contributed by atoms with Crippen molar-refractivity contribution in [1.82, 2.24) is 9.88 Å². The van der Waals surface area contributed by atoms with Crippen LogP contribution in [0.4, 0.5) is 0 Å². The van der Waals surface area contributed by atoms with Crippen LogP contribution >= 0.6 is 11.3 Å². The highest BCUT2D eigenvalue weighted by molar-refractivity contribution is 7.11. The van der Waals surface area contributed by atoms with Gasteiger partial charge >= 0.3 is 5.97 Å². The molecule has 1 aliphatic rings. The molecule has 1 aromatic heterocycles. The Hall–Kier alpha value is -0.940. The van der Waals surface area contributed by atoms with Crippen LogP contribution in [0.3, 0.4) is 0 Å². The zero-order chi connectivity index (χ0) is 15.2. The van der Waals surface area contributed by atoms with Crippen molar-refractivity contribution in [3.63, 3.8) is 0 Å². The summed E-state index contributed by atoms with van der Waals surface area (Å²) in [7, 11) is 0. The molecule has 2 rings (SSSR count). The van der Waals surface area contributed by atoms with Gasteiger partial charge in [0.1, 0.15) is 0 Å². The number of carboxylic acid groups (broad SMARTS) is 1. The number of carbonyl (C=O) groups is 1. The number of aliphatic carboxylic acids is 1. The number of thiazole rings is 1. The molecule has 118 valence electrons. The Morgan fingerprint density at radius 3 is 2.90 bits per heavy atom. The van der Waals surface area contributed by atoms with Crippen molar-refractivity contribution >= 4 is 17.3 Å². The molecule has 0 saturated carbocycles. The van der Waals surface area contributed by atoms with Gasteiger partial charge in [-0.25, -0.2) is 4.98 Å². The van der Waals surface area contributed by atoms with Crippen LogP contribution in [0, 0.1) is 0 Å². The van der Waals surface area contributed by atoms with Crippen molar-refractivity contribution in [2.45, 2.75) is 71.4 Å². The summed E-state index contributed by atoms with van der Waals surface area (Å²) in [6, 6.07) is 0.646. The number of hydrogen-bond acceptors (Lipinski definition) is 4. The highest BCUT2D eigenvalue weighted by Crippen LogP contribution is 2.27. The van der Waals surface area contributed by atoms with Crippen molar-refractivity contribution in [2.24, 2.45) is 0 Å². The van der Waals surface area contributed by atoms with Crippen LogP contribution in [-0.4, -0.2) is 33.5 Å². The monoisotopic (exact) mass is 310 g/mol. The van der Waals surface area contributed by atoms with Gasteiger partial charge in [-0.1, -0.05) is 20.3 Å². The molecule has 1 unspecified atom stereocenters. The first-order chi connectivity index (χ1) is 10.1. The highest BCUT2D eigenvalue weighted by atomic mass is 32.1. The number of piperidine rings is 1. The van der Waals surface area contributed by atoms with Crippen LogP contribution in [0.25, 0.3) is 0 Å². The molecule has 0 aromatic carbocycles. The molecule has 1 atom stereocenters. The second kappa shape index (κ2) is 7.90. The molecule has 1 saturated heterocycles. The van der Waals surface area contributed by atoms with E-state index in [2.05, 4.69) is 23.7 Å². The van der Waals surface area contributed by atoms with Gasteiger partial charge in [-0.2, -0.15) is 0 Å². The predicted molar refractivity (Wildman–Crippen MR) is 85.8 cm³/mol. The third kappa shape index (κ3) is 4.51. The molecule has 4 nitrogen and oxygen atoms in total. The molecular formula is C16H26N2O2S. The van der Waals surface area contributed by atoms with E-state index in [0.29, 0.717) is 6.04 Å². The Morgan fingerprint density at radius 1 is 1.43 bits per heavy atom. The molecule has 0 radical (unpaired) electrons. The summed E-state index contributed by atoms with van der Waals surface area (Å²) in [6.45, 7) is 6.39. The first-order valence-electron chi connectivity index (χ1n) is 8.07. The van der Waals surface area contributed by atoms with E-state index >= 15 is 0 Å². The lowest BCUT2D eigenvalue weighted by Crippen LogP contribution is -2.38. The number of rotatable bonds is 7. The lowest BCUT2D eigenvalue weighted by molar-refractivity contribution is -0.136. The zero-order valence-corrected chi connectivity index (χ0v) is 13.9. The number of nitrogens with zero attached hydrogens (tertiary/aromatic N) is 2. The van der Waals surface area contributed by atoms with Crippen molar-refractivity contribution < 1.29 is 9.90 Å². The van der Waals surface area contributed by atoms with Gasteiger partial charge in [0.15, 0.2) is 0 Å². The second-order valence-electron chi connectivity index (χ2n) is 5.83. The van der Waals surface area contributed by atoms with Gasteiger partial charge in [0, 0.05) is 17.5 Å². The van der Waals surface area contributed by atoms with Crippen molar-refractivity contribution in [1.29, 1.82) is 0 Å². The topological polar surface area (TPSA) is 53.4 Å². The Balaban J connectivity index is 2.14. The van der Waals surface area contributed by atoms with Gasteiger partial charge in [0.2, 0.25) is 0 Å². The minimum Gasteiger partial charge on any atom is -0.481 e. The molecule has 0 amide bonds. The van der Waals surface area contributed by atoms with Gasteiger partial charge in [0.25, 0.3) is 0 Å². The van der Waals surface area contributed by atoms with E-state index in [1.54, 1.807) is 11.3 Å². The lowest BCUT2D eigenvalue weighted by atomic mass is 10.00. The summed E-state index contributed by atoms with van der Waals surface area (Å²) in [5, 5.41) is 10.2. The number of likely N-dealkylation sites (tertiary alicyclic amines) is 1. The summed E-state index contributed by atoms with van der Waals surface area (Å²) in [5.74, 6) is -0.782. The summed E-state index contributed by atoms with van der Waals surface area (Å²) in [4.78, 5) is 19.3. The largest absolute Gasteiger partial charge is 0.481 e. The molecule has 5 heteroatoms. The highest BCUT2D eigenvalue weighted by Gasteiger charge is 2.23. The Bertz CT molecular complexity index is 473. The quantitative estimate of drug-likeness (QED) is 0.837. The molecule has 21 heavy (non-hydrogen) atoms. The summed E-state index contributed by atoms with van der Waals surface area (Å²) in [6.07, 6.45) is 7.09. The van der Waals surface area contributed by atoms with E-state index in [4.69, 9.17) is 5.11 Å². The van der Waals surface area contributed by atoms with Gasteiger partial charge in [-0.3, -0.25) is 9.69 Å². The van der Waals surface area contributed by atoms with E-state index in [-0.39, 0.29) is 6.42 Å². The Labute approximate surface area is 131 Å². The van der Waals surface area contributed by atoms with Crippen molar-refractivity contribution in [3.8, 4) is 0 Å². The standard InChI is InChI=1S/C16H26N2O2S/c1-3-7-15-17-13(10-16(19)20)14(21-15)11-18-9-6-5-8-12(18)4-2/h12H,3-11H2,1-2H3,(H,19,20). The molecule has 1 N–H and O–H groups in total. The number of carboxylic acids is 1. The van der Waals surface area contributed by atoms with Gasteiger partial charge in [0.05, 0.1) is 17.1 Å². The van der Waals surface area contributed by atoms with Crippen LogP contribution in [0.1, 0.15) is 61.5 Å². The lowest BCUT2D eigenvalue weighted by Gasteiger charge is -2.34. The molecule has 0 aliphatic carbocycles. The predicted octanol–water partition coefficient (Wildman–Crippen LogP) is 3.49. The maximum atomic E-state index is 11.1. The summed E-state index contributed by atoms with van der Waals surface area (Å²) in [5.41, 5.74) is 0.788. The fraction of sp³-hybridized carbons (Fsp3) is 0.750. The van der Waals surface area contributed by atoms with Crippen LogP contribution in [0.15, 0.2) is 0 Å². The number of aromatic nitrogens is 1. The summed E-state index contributed by atoms with van der Waals surface area (Å²) >= 11 is 1.72. The molecule has 1 aliphatic heterocycles. The average molecular weight is 310 g/mol. The minimum absolute atomic E-state index is 0.0557. The van der Waals surface area contributed by atoms with Crippen LogP contribution < -0.4 is 0 Å². The summed E-state index contributed by atoms with van der Waals surface area (Å²) < 4.78 is 0. The third-order valence-electron chi connectivity index (χ3n) is 4.17. The van der Waals surface area contributed by atoms with Gasteiger partial charge in [-0.05, 0) is 38.6 Å². The van der Waals surface area contributed by atoms with Gasteiger partial charge < -0.3 is 5.11 Å². The first-order valence-corrected chi connectivity index (χ1v) is 8.89. The van der Waals surface area contributed by atoms with Gasteiger partial charge in [-0.15, -0.1) is 11.3 Å². The molecule has 1 fully saturated rings. The van der Waals surface area contributed by atoms with Crippen LogP contribution in [0.2, 0.25) is 0 Å². The number of aryl methyl sites for hydroxylation is 1. The molecule has 0 spiro atoms. The van der Waals surface area contributed by atoms with Crippen molar-refractivity contribution in [2.75, 3.05) is 6.54 Å². The van der Waals surface area contributed by atoms with E-state index in [1.807, 2.05) is 0 Å². The minimum atomic E-state index is -0.782. The van der Waals surface area contributed by atoms with E-state index in [9.17, 15) is 4.79 Å². The smallest absolute Gasteiger partial charge is 0.309 e. The number of hydrogen-bond donors (Lipinski definition) is 1. The second-order valence-corrected chi connectivity index (χ2v) is 6.99. The first kappa shape index (κ1) is 16.4. The average Bonchev–Trinajstić information content (AvgIpc) is 2.81. The molecule has 0 bridgehead atoms. The van der Waals surface area contributed by atoms with E-state index < -0.39 is 5.97 Å². The van der Waals surface area contributed by atoms with E-state index in [1.165, 1.54) is 30.6 Å². The van der Waals surface area contributed by atoms with Crippen LogP contribution in [-0.2, 0) is 24.2 Å². The maximum Gasteiger partial charge on any atom is 0.309 e. The SMILES string of the molecule is CCCc1nc(CC(=O)O)c(CN2CCCCC2CC)s1. The Kier molecular flexibility index (Phi) is 6.18. The van der Waals surface area contributed by atoms with E-state index in [0.717, 1.165) is 36.6 Å². The molecular weight excluding hydrogens is 284 g/mol. The van der Waals surface area contributed by atoms with Crippen molar-refractivity contribution in [3.05, 3.63) is 15.6 Å². The maximum absolute atomic E-state index is 11.1. The fourth-order valence-corrected chi connectivity index (χ4v) is 4.29. The zero-order valence-electron chi connectivity index (χ0n) is 13.1. The third-order valence-corrected chi connectivity index (χ3v) is 5.31.